The van der Waals surface area contributed by atoms with E-state index in [1.807, 2.05) is 30.3 Å². The fourth-order valence-electron chi connectivity index (χ4n) is 4.79. The standard InChI is InChI=1S/C27H28N2O3S/c1-4-18-10-12-25(33-18)27-26-21(28-19-7-5-6-8-20(19)29-27)13-17(14-22(26)30)16-9-11-23(31-2)24(15-16)32-3/h5-12,15,17,27-29H,4,13-14H2,1-3H3/t17-,27+/m1/s1. The van der Waals surface area contributed by atoms with Crippen molar-refractivity contribution in [2.75, 3.05) is 24.9 Å². The topological polar surface area (TPSA) is 59.6 Å². The second kappa shape index (κ2) is 8.94. The monoisotopic (exact) mass is 460 g/mol. The zero-order valence-electron chi connectivity index (χ0n) is 19.1. The van der Waals surface area contributed by atoms with Gasteiger partial charge in [-0.25, -0.2) is 0 Å². The molecular weight excluding hydrogens is 432 g/mol. The van der Waals surface area contributed by atoms with Crippen LogP contribution in [0.4, 0.5) is 11.4 Å². The summed E-state index contributed by atoms with van der Waals surface area (Å²) in [6, 6.07) is 18.3. The van der Waals surface area contributed by atoms with Crippen LogP contribution in [0.1, 0.15) is 47.0 Å². The SMILES string of the molecule is CCc1ccc([C@@H]2Nc3ccccc3NC3=C2C(=O)C[C@H](c2ccc(OC)c(OC)c2)C3)s1. The van der Waals surface area contributed by atoms with Gasteiger partial charge in [-0.3, -0.25) is 4.79 Å². The molecule has 170 valence electrons. The second-order valence-corrected chi connectivity index (χ2v) is 9.64. The van der Waals surface area contributed by atoms with Gasteiger partial charge in [0.1, 0.15) is 0 Å². The Kier molecular flexibility index (Phi) is 5.85. The Morgan fingerprint density at radius 2 is 1.76 bits per heavy atom. The summed E-state index contributed by atoms with van der Waals surface area (Å²) in [7, 11) is 3.27. The quantitative estimate of drug-likeness (QED) is 0.467. The second-order valence-electron chi connectivity index (χ2n) is 8.44. The molecule has 2 N–H and O–H groups in total. The van der Waals surface area contributed by atoms with E-state index < -0.39 is 0 Å². The molecule has 0 radical (unpaired) electrons. The lowest BCUT2D eigenvalue weighted by atomic mass is 9.79. The van der Waals surface area contributed by atoms with Gasteiger partial charge in [0.15, 0.2) is 17.3 Å². The third kappa shape index (κ3) is 4.00. The minimum Gasteiger partial charge on any atom is -0.493 e. The van der Waals surface area contributed by atoms with Gasteiger partial charge in [0, 0.05) is 27.4 Å². The van der Waals surface area contributed by atoms with Gasteiger partial charge in [0.25, 0.3) is 0 Å². The van der Waals surface area contributed by atoms with E-state index in [2.05, 4.69) is 41.8 Å². The van der Waals surface area contributed by atoms with E-state index in [-0.39, 0.29) is 17.7 Å². The number of nitrogens with one attached hydrogen (secondary N) is 2. The predicted octanol–water partition coefficient (Wildman–Crippen LogP) is 6.31. The summed E-state index contributed by atoms with van der Waals surface area (Å²) in [5.41, 5.74) is 4.95. The molecule has 0 bridgehead atoms. The first kappa shape index (κ1) is 21.6. The molecule has 2 aromatic carbocycles. The lowest BCUT2D eigenvalue weighted by Crippen LogP contribution is -2.26. The molecule has 0 unspecified atom stereocenters. The number of carbonyl (C=O) groups is 1. The van der Waals surface area contributed by atoms with Gasteiger partial charge < -0.3 is 20.1 Å². The van der Waals surface area contributed by atoms with Gasteiger partial charge in [-0.05, 0) is 60.7 Å². The van der Waals surface area contributed by atoms with Gasteiger partial charge in [-0.15, -0.1) is 11.3 Å². The van der Waals surface area contributed by atoms with Crippen molar-refractivity contribution in [3.8, 4) is 11.5 Å². The smallest absolute Gasteiger partial charge is 0.163 e. The summed E-state index contributed by atoms with van der Waals surface area (Å²) in [6.45, 7) is 2.16. The van der Waals surface area contributed by atoms with Crippen LogP contribution >= 0.6 is 11.3 Å². The normalized spacial score (nSPS) is 19.7. The van der Waals surface area contributed by atoms with E-state index in [1.54, 1.807) is 25.6 Å². The van der Waals surface area contributed by atoms with Crippen LogP contribution in [-0.4, -0.2) is 20.0 Å². The van der Waals surface area contributed by atoms with Crippen LogP contribution < -0.4 is 20.1 Å². The third-order valence-corrected chi connectivity index (χ3v) is 7.80. The van der Waals surface area contributed by atoms with Crippen molar-refractivity contribution < 1.29 is 14.3 Å². The van der Waals surface area contributed by atoms with Crippen LogP contribution in [0.2, 0.25) is 0 Å². The Morgan fingerprint density at radius 3 is 2.48 bits per heavy atom. The molecule has 6 heteroatoms. The van der Waals surface area contributed by atoms with Crippen molar-refractivity contribution in [2.24, 2.45) is 0 Å². The molecule has 3 aromatic rings. The zero-order valence-corrected chi connectivity index (χ0v) is 19.9. The van der Waals surface area contributed by atoms with E-state index in [4.69, 9.17) is 9.47 Å². The number of benzene rings is 2. The van der Waals surface area contributed by atoms with Crippen molar-refractivity contribution in [3.05, 3.63) is 81.2 Å². The minimum atomic E-state index is -0.152. The first-order valence-corrected chi connectivity index (χ1v) is 12.1. The summed E-state index contributed by atoms with van der Waals surface area (Å²) in [4.78, 5) is 16.2. The van der Waals surface area contributed by atoms with Crippen molar-refractivity contribution in [2.45, 2.75) is 38.1 Å². The number of ketones is 1. The van der Waals surface area contributed by atoms with Crippen molar-refractivity contribution >= 4 is 28.5 Å². The molecular formula is C27H28N2O3S. The highest BCUT2D eigenvalue weighted by atomic mass is 32.1. The summed E-state index contributed by atoms with van der Waals surface area (Å²) in [5.74, 6) is 1.63. The number of methoxy groups -OCH3 is 2. The molecule has 1 aliphatic carbocycles. The maximum absolute atomic E-state index is 13.7. The average molecular weight is 461 g/mol. The van der Waals surface area contributed by atoms with Crippen molar-refractivity contribution in [1.29, 1.82) is 0 Å². The lowest BCUT2D eigenvalue weighted by Gasteiger charge is -2.29. The number of rotatable bonds is 5. The number of ether oxygens (including phenoxy) is 2. The zero-order chi connectivity index (χ0) is 22.9. The largest absolute Gasteiger partial charge is 0.493 e. The van der Waals surface area contributed by atoms with Gasteiger partial charge in [0.2, 0.25) is 0 Å². The van der Waals surface area contributed by atoms with Crippen LogP contribution in [0.15, 0.2) is 65.9 Å². The molecule has 0 spiro atoms. The summed E-state index contributed by atoms with van der Waals surface area (Å²) in [6.07, 6.45) is 2.22. The number of Topliss-reactive ketones (excluding diaryl/α,β-unsaturated/α-hetero) is 1. The maximum Gasteiger partial charge on any atom is 0.163 e. The van der Waals surface area contributed by atoms with E-state index in [1.165, 1.54) is 9.75 Å². The molecule has 0 saturated heterocycles. The average Bonchev–Trinajstić information content (AvgIpc) is 3.25. The van der Waals surface area contributed by atoms with Crippen LogP contribution in [-0.2, 0) is 11.2 Å². The van der Waals surface area contributed by atoms with E-state index in [0.717, 1.165) is 41.1 Å². The molecule has 5 rings (SSSR count). The number of hydrogen-bond acceptors (Lipinski definition) is 6. The minimum absolute atomic E-state index is 0.0732. The Hall–Kier alpha value is -3.25. The Balaban J connectivity index is 1.57. The number of fused-ring (bicyclic) bond motifs is 1. The highest BCUT2D eigenvalue weighted by Gasteiger charge is 2.36. The first-order valence-electron chi connectivity index (χ1n) is 11.3. The highest BCUT2D eigenvalue weighted by molar-refractivity contribution is 7.12. The number of aryl methyl sites for hydroxylation is 1. The van der Waals surface area contributed by atoms with Crippen LogP contribution in [0.5, 0.6) is 11.5 Å². The summed E-state index contributed by atoms with van der Waals surface area (Å²) >= 11 is 1.78. The molecule has 0 amide bonds. The fourth-order valence-corrected chi connectivity index (χ4v) is 5.80. The van der Waals surface area contributed by atoms with Gasteiger partial charge in [0.05, 0.1) is 31.6 Å². The summed E-state index contributed by atoms with van der Waals surface area (Å²) in [5, 5.41) is 7.27. The Morgan fingerprint density at radius 1 is 0.970 bits per heavy atom. The van der Waals surface area contributed by atoms with Gasteiger partial charge in [-0.2, -0.15) is 0 Å². The highest BCUT2D eigenvalue weighted by Crippen LogP contribution is 2.46. The first-order chi connectivity index (χ1) is 16.1. The number of carbonyl (C=O) groups excluding carboxylic acids is 1. The van der Waals surface area contributed by atoms with Crippen LogP contribution in [0.3, 0.4) is 0 Å². The molecule has 2 atom stereocenters. The van der Waals surface area contributed by atoms with Crippen LogP contribution in [0, 0.1) is 0 Å². The molecule has 33 heavy (non-hydrogen) atoms. The fraction of sp³-hybridized carbons (Fsp3) is 0.296. The number of thiophene rings is 1. The van der Waals surface area contributed by atoms with Crippen LogP contribution in [0.25, 0.3) is 0 Å². The van der Waals surface area contributed by atoms with E-state index in [9.17, 15) is 4.79 Å². The molecule has 0 fully saturated rings. The Labute approximate surface area is 198 Å². The third-order valence-electron chi connectivity index (χ3n) is 6.50. The lowest BCUT2D eigenvalue weighted by molar-refractivity contribution is -0.116. The molecule has 1 aliphatic heterocycles. The van der Waals surface area contributed by atoms with Crippen molar-refractivity contribution in [3.63, 3.8) is 0 Å². The molecule has 2 aliphatic rings. The molecule has 5 nitrogen and oxygen atoms in total. The molecule has 0 saturated carbocycles. The molecule has 2 heterocycles. The van der Waals surface area contributed by atoms with Gasteiger partial charge >= 0.3 is 0 Å². The van der Waals surface area contributed by atoms with Crippen molar-refractivity contribution in [1.82, 2.24) is 0 Å². The maximum atomic E-state index is 13.7. The number of hydrogen-bond donors (Lipinski definition) is 2. The van der Waals surface area contributed by atoms with E-state index >= 15 is 0 Å². The van der Waals surface area contributed by atoms with Gasteiger partial charge in [-0.1, -0.05) is 25.1 Å². The number of allylic oxidation sites excluding steroid dienone is 1. The number of anilines is 2. The molecule has 1 aromatic heterocycles. The van der Waals surface area contributed by atoms with E-state index in [0.29, 0.717) is 17.9 Å². The number of para-hydroxylation sites is 2. The summed E-state index contributed by atoms with van der Waals surface area (Å²) < 4.78 is 10.9. The predicted molar refractivity (Wildman–Crippen MR) is 134 cm³/mol. The Bertz CT molecular complexity index is 1230.